The van der Waals surface area contributed by atoms with E-state index in [0.717, 1.165) is 32.2 Å². The van der Waals surface area contributed by atoms with Crippen molar-refractivity contribution in [3.63, 3.8) is 0 Å². The number of benzene rings is 1. The lowest BCUT2D eigenvalue weighted by atomic mass is 10.0. The van der Waals surface area contributed by atoms with Crippen LogP contribution in [0.15, 0.2) is 24.3 Å². The number of ether oxygens (including phenoxy) is 1. The average Bonchev–Trinajstić information content (AvgIpc) is 2.60. The van der Waals surface area contributed by atoms with Gasteiger partial charge in [-0.15, -0.1) is 0 Å². The van der Waals surface area contributed by atoms with E-state index in [1.807, 2.05) is 6.92 Å². The first kappa shape index (κ1) is 20.5. The summed E-state index contributed by atoms with van der Waals surface area (Å²) in [7, 11) is -0.0137. The maximum absolute atomic E-state index is 12.9. The molecule has 0 saturated carbocycles. The molecule has 8 heteroatoms. The number of likely N-dealkylation sites (tertiary alicyclic amines) is 1. The molecule has 0 radical (unpaired) electrons. The van der Waals surface area contributed by atoms with Crippen LogP contribution in [-0.2, 0) is 14.8 Å². The van der Waals surface area contributed by atoms with Crippen molar-refractivity contribution >= 4 is 21.6 Å². The monoisotopic (exact) mass is 383 g/mol. The van der Waals surface area contributed by atoms with Crippen LogP contribution in [0.3, 0.4) is 0 Å². The van der Waals surface area contributed by atoms with Crippen molar-refractivity contribution in [2.75, 3.05) is 37.8 Å². The van der Waals surface area contributed by atoms with E-state index < -0.39 is 16.1 Å². The lowest BCUT2D eigenvalue weighted by Gasteiger charge is -2.34. The van der Waals surface area contributed by atoms with Crippen molar-refractivity contribution in [3.05, 3.63) is 24.3 Å². The highest BCUT2D eigenvalue weighted by atomic mass is 32.2. The quantitative estimate of drug-likeness (QED) is 0.771. The number of carbonyl (C=O) groups is 1. The molecule has 1 amide bonds. The predicted octanol–water partition coefficient (Wildman–Crippen LogP) is 1.45. The summed E-state index contributed by atoms with van der Waals surface area (Å²) in [6, 6.07) is 6.00. The summed E-state index contributed by atoms with van der Waals surface area (Å²) in [5.74, 6) is 0.384. The minimum Gasteiger partial charge on any atom is -0.497 e. The minimum absolute atomic E-state index is 0.0880. The lowest BCUT2D eigenvalue weighted by molar-refractivity contribution is -0.123. The van der Waals surface area contributed by atoms with Gasteiger partial charge in [0.15, 0.2) is 0 Å². The third kappa shape index (κ3) is 5.11. The Morgan fingerprint density at radius 1 is 1.31 bits per heavy atom. The highest BCUT2D eigenvalue weighted by molar-refractivity contribution is 7.92. The van der Waals surface area contributed by atoms with Crippen molar-refractivity contribution in [3.8, 4) is 5.75 Å². The normalized spacial score (nSPS) is 17.5. The van der Waals surface area contributed by atoms with E-state index in [1.54, 1.807) is 31.4 Å². The number of amides is 1. The average molecular weight is 384 g/mol. The highest BCUT2D eigenvalue weighted by Gasteiger charge is 2.32. The van der Waals surface area contributed by atoms with Crippen molar-refractivity contribution in [2.45, 2.75) is 38.3 Å². The van der Waals surface area contributed by atoms with Crippen LogP contribution in [0.4, 0.5) is 5.69 Å². The third-order valence-electron chi connectivity index (χ3n) is 4.72. The predicted molar refractivity (Wildman–Crippen MR) is 103 cm³/mol. The van der Waals surface area contributed by atoms with Crippen LogP contribution in [0.2, 0.25) is 0 Å². The number of methoxy groups -OCH3 is 1. The van der Waals surface area contributed by atoms with E-state index in [9.17, 15) is 13.2 Å². The number of sulfonamides is 1. The second-order valence-electron chi connectivity index (χ2n) is 6.77. The van der Waals surface area contributed by atoms with Gasteiger partial charge in [0.25, 0.3) is 0 Å². The number of carbonyl (C=O) groups excluding carboxylic acids is 1. The molecule has 0 unspecified atom stereocenters. The molecule has 0 spiro atoms. The van der Waals surface area contributed by atoms with Crippen LogP contribution in [-0.4, -0.2) is 64.8 Å². The highest BCUT2D eigenvalue weighted by Crippen LogP contribution is 2.25. The molecule has 1 N–H and O–H groups in total. The van der Waals surface area contributed by atoms with Crippen LogP contribution < -0.4 is 14.4 Å². The van der Waals surface area contributed by atoms with Crippen LogP contribution in [0.5, 0.6) is 5.75 Å². The van der Waals surface area contributed by atoms with Gasteiger partial charge in [-0.3, -0.25) is 9.10 Å². The van der Waals surface area contributed by atoms with Crippen molar-refractivity contribution < 1.29 is 17.9 Å². The molecule has 146 valence electrons. The number of piperidine rings is 1. The molecule has 2 rings (SSSR count). The third-order valence-corrected chi connectivity index (χ3v) is 5.90. The molecule has 1 heterocycles. The van der Waals surface area contributed by atoms with Gasteiger partial charge in [0.05, 0.1) is 19.1 Å². The van der Waals surface area contributed by atoms with E-state index in [-0.39, 0.29) is 11.9 Å². The molecule has 1 fully saturated rings. The zero-order chi connectivity index (χ0) is 19.3. The lowest BCUT2D eigenvalue weighted by Crippen LogP contribution is -2.53. The molecule has 0 bridgehead atoms. The maximum Gasteiger partial charge on any atom is 0.244 e. The molecule has 1 aliphatic heterocycles. The first-order valence-corrected chi connectivity index (χ1v) is 10.7. The van der Waals surface area contributed by atoms with E-state index >= 15 is 0 Å². The molecule has 1 aliphatic rings. The van der Waals surface area contributed by atoms with Crippen molar-refractivity contribution in [1.29, 1.82) is 0 Å². The molecule has 1 aromatic carbocycles. The van der Waals surface area contributed by atoms with Gasteiger partial charge in [-0.1, -0.05) is 6.92 Å². The molecule has 1 saturated heterocycles. The second kappa shape index (κ2) is 8.73. The van der Waals surface area contributed by atoms with Gasteiger partial charge in [-0.25, -0.2) is 8.42 Å². The largest absolute Gasteiger partial charge is 0.497 e. The molecule has 0 aliphatic carbocycles. The molecular formula is C18H29N3O4S. The van der Waals surface area contributed by atoms with E-state index in [1.165, 1.54) is 4.31 Å². The minimum atomic E-state index is -3.62. The summed E-state index contributed by atoms with van der Waals surface area (Å²) in [4.78, 5) is 15.1. The van der Waals surface area contributed by atoms with Gasteiger partial charge in [-0.2, -0.15) is 0 Å². The van der Waals surface area contributed by atoms with Crippen molar-refractivity contribution in [2.24, 2.45) is 0 Å². The first-order chi connectivity index (χ1) is 12.3. The summed E-state index contributed by atoms with van der Waals surface area (Å²) in [5, 5.41) is 3.04. The molecule has 7 nitrogen and oxygen atoms in total. The zero-order valence-corrected chi connectivity index (χ0v) is 16.8. The van der Waals surface area contributed by atoms with Crippen LogP contribution in [0, 0.1) is 0 Å². The Morgan fingerprint density at radius 2 is 1.88 bits per heavy atom. The Morgan fingerprint density at radius 3 is 2.35 bits per heavy atom. The summed E-state index contributed by atoms with van der Waals surface area (Å²) in [6.45, 7) is 3.67. The van der Waals surface area contributed by atoms with Crippen molar-refractivity contribution in [1.82, 2.24) is 10.2 Å². The Balaban J connectivity index is 2.21. The van der Waals surface area contributed by atoms with Gasteiger partial charge in [0, 0.05) is 6.04 Å². The van der Waals surface area contributed by atoms with Gasteiger partial charge < -0.3 is 15.0 Å². The maximum atomic E-state index is 12.9. The van der Waals surface area contributed by atoms with Gasteiger partial charge in [0.2, 0.25) is 15.9 Å². The number of anilines is 1. The fraction of sp³-hybridized carbons (Fsp3) is 0.611. The van der Waals surface area contributed by atoms with E-state index in [2.05, 4.69) is 17.3 Å². The van der Waals surface area contributed by atoms with Crippen LogP contribution in [0.1, 0.15) is 26.2 Å². The molecule has 1 atom stereocenters. The topological polar surface area (TPSA) is 79.0 Å². The summed E-state index contributed by atoms with van der Waals surface area (Å²) >= 11 is 0. The fourth-order valence-electron chi connectivity index (χ4n) is 3.24. The molecule has 0 aromatic heterocycles. The smallest absolute Gasteiger partial charge is 0.244 e. The Bertz CT molecular complexity index is 698. The van der Waals surface area contributed by atoms with Crippen LogP contribution in [0.25, 0.3) is 0 Å². The molecular weight excluding hydrogens is 354 g/mol. The number of hydrogen-bond acceptors (Lipinski definition) is 5. The SMILES string of the molecule is CC[C@@H](C(=O)NC1CCN(C)CC1)N(c1ccc(OC)cc1)S(C)(=O)=O. The number of rotatable bonds is 7. The first-order valence-electron chi connectivity index (χ1n) is 8.88. The molecule has 26 heavy (non-hydrogen) atoms. The Kier molecular flexibility index (Phi) is 6.88. The zero-order valence-electron chi connectivity index (χ0n) is 15.9. The Hall–Kier alpha value is -1.80. The number of hydrogen-bond donors (Lipinski definition) is 1. The standard InChI is InChI=1S/C18H29N3O4S/c1-5-17(18(22)19-14-10-12-20(2)13-11-14)21(26(4,23)24)15-6-8-16(25-3)9-7-15/h6-9,14,17H,5,10-13H2,1-4H3,(H,19,22)/t17-/m0/s1. The number of nitrogens with zero attached hydrogens (tertiary/aromatic N) is 2. The second-order valence-corrected chi connectivity index (χ2v) is 8.63. The fourth-order valence-corrected chi connectivity index (χ4v) is 4.45. The van der Waals surface area contributed by atoms with Gasteiger partial charge in [-0.05, 0) is 63.7 Å². The summed E-state index contributed by atoms with van der Waals surface area (Å²) < 4.78 is 31.2. The molecule has 1 aromatic rings. The number of nitrogens with one attached hydrogen (secondary N) is 1. The Labute approximate surface area is 156 Å². The van der Waals surface area contributed by atoms with Gasteiger partial charge in [0.1, 0.15) is 11.8 Å². The van der Waals surface area contributed by atoms with E-state index in [0.29, 0.717) is 17.9 Å². The van der Waals surface area contributed by atoms with E-state index in [4.69, 9.17) is 4.74 Å². The van der Waals surface area contributed by atoms with Gasteiger partial charge >= 0.3 is 0 Å². The van der Waals surface area contributed by atoms with Crippen LogP contribution >= 0.6 is 0 Å². The summed E-state index contributed by atoms with van der Waals surface area (Å²) in [5.41, 5.74) is 0.457. The summed E-state index contributed by atoms with van der Waals surface area (Å²) in [6.07, 6.45) is 3.26.